The number of rotatable bonds is 13. The van der Waals surface area contributed by atoms with Crippen molar-refractivity contribution in [1.82, 2.24) is 13.7 Å². The quantitative estimate of drug-likeness (QED) is 0.0785. The molecule has 6 heterocycles. The lowest BCUT2D eigenvalue weighted by atomic mass is 10.00. The Hall–Kier alpha value is -10.8. The van der Waals surface area contributed by atoms with Crippen molar-refractivity contribution in [2.24, 2.45) is 26.9 Å². The van der Waals surface area contributed by atoms with E-state index in [4.69, 9.17) is 25.2 Å². The van der Waals surface area contributed by atoms with Crippen molar-refractivity contribution in [3.05, 3.63) is 243 Å². The van der Waals surface area contributed by atoms with E-state index in [1.807, 2.05) is 59.7 Å². The first-order valence-corrected chi connectivity index (χ1v) is 34.2. The van der Waals surface area contributed by atoms with Crippen molar-refractivity contribution >= 4 is 67.8 Å². The number of morpholine rings is 3. The van der Waals surface area contributed by atoms with Crippen LogP contribution >= 0.6 is 15.9 Å². The summed E-state index contributed by atoms with van der Waals surface area (Å²) in [6.45, 7) is 12.4. The molecule has 0 unspecified atom stereocenters. The molecule has 0 atom stereocenters. The number of hydrogen-bond acceptors (Lipinski definition) is 14. The monoisotopic (exact) mass is 1550 g/mol. The van der Waals surface area contributed by atoms with Gasteiger partial charge in [0, 0.05) is 140 Å². The molecular weight excluding hydrogens is 1470 g/mol. The van der Waals surface area contributed by atoms with Crippen LogP contribution in [-0.4, -0.2) is 110 Å². The summed E-state index contributed by atoms with van der Waals surface area (Å²) < 4.78 is 140. The topological polar surface area (TPSA) is 241 Å². The summed E-state index contributed by atoms with van der Waals surface area (Å²) in [5, 5.41) is 17.1. The molecule has 9 aromatic rings. The molecule has 560 valence electrons. The van der Waals surface area contributed by atoms with E-state index in [1.165, 1.54) is 25.8 Å². The number of hydrogen-bond donors (Lipinski definition) is 4. The van der Waals surface area contributed by atoms with Gasteiger partial charge in [0.2, 0.25) is 0 Å². The maximum absolute atomic E-state index is 13.3. The summed E-state index contributed by atoms with van der Waals surface area (Å²) in [6.07, 6.45) is -8.72. The van der Waals surface area contributed by atoms with E-state index < -0.39 is 52.9 Å². The summed E-state index contributed by atoms with van der Waals surface area (Å²) in [7, 11) is 5.03. The number of nitriles is 1. The maximum Gasteiger partial charge on any atom is 0.416 e. The second kappa shape index (κ2) is 33.3. The zero-order valence-electron chi connectivity index (χ0n) is 58.7. The molecule has 3 amide bonds. The molecule has 3 aromatic heterocycles. The highest BCUT2D eigenvalue weighted by molar-refractivity contribution is 9.10. The molecule has 12 rings (SSSR count). The third-order valence-corrected chi connectivity index (χ3v) is 18.4. The van der Waals surface area contributed by atoms with Crippen LogP contribution in [0.5, 0.6) is 0 Å². The van der Waals surface area contributed by atoms with Gasteiger partial charge < -0.3 is 64.3 Å². The Labute approximate surface area is 616 Å². The van der Waals surface area contributed by atoms with E-state index in [0.29, 0.717) is 125 Å². The summed E-state index contributed by atoms with van der Waals surface area (Å²) >= 11 is 3.04. The average Bonchev–Trinajstić information content (AvgIpc) is 0.799. The van der Waals surface area contributed by atoms with Crippen LogP contribution in [0.4, 0.5) is 73.6 Å². The van der Waals surface area contributed by atoms with Gasteiger partial charge in [-0.15, -0.1) is 0 Å². The minimum absolute atomic E-state index is 0.118. The van der Waals surface area contributed by atoms with Crippen molar-refractivity contribution in [1.29, 1.82) is 5.26 Å². The molecule has 3 fully saturated rings. The van der Waals surface area contributed by atoms with Gasteiger partial charge in [-0.25, -0.2) is 0 Å². The highest BCUT2D eigenvalue weighted by Crippen LogP contribution is 2.37. The summed E-state index contributed by atoms with van der Waals surface area (Å²) in [4.78, 5) is 82.7. The zero-order chi connectivity index (χ0) is 77.4. The number of pyridine rings is 3. The molecule has 3 saturated heterocycles. The first-order valence-electron chi connectivity index (χ1n) is 33.4. The molecule has 3 aliphatic rings. The van der Waals surface area contributed by atoms with Crippen molar-refractivity contribution in [2.75, 3.05) is 110 Å². The normalized spacial score (nSPS) is 14.0. The number of amides is 3. The van der Waals surface area contributed by atoms with Gasteiger partial charge in [0.25, 0.3) is 34.4 Å². The van der Waals surface area contributed by atoms with E-state index in [-0.39, 0.29) is 55.5 Å². The Morgan fingerprint density at radius 3 is 1.07 bits per heavy atom. The van der Waals surface area contributed by atoms with Gasteiger partial charge in [-0.2, -0.15) is 44.8 Å². The summed E-state index contributed by atoms with van der Waals surface area (Å²) in [6, 6.07) is 31.4. The van der Waals surface area contributed by atoms with Crippen LogP contribution < -0.4 is 53.1 Å². The van der Waals surface area contributed by atoms with E-state index in [1.54, 1.807) is 94.3 Å². The minimum Gasteiger partial charge on any atom is -0.378 e. The average molecular weight is 1550 g/mol. The lowest BCUT2D eigenvalue weighted by molar-refractivity contribution is -0.138. The number of halogens is 10. The van der Waals surface area contributed by atoms with Gasteiger partial charge in [-0.1, -0.05) is 34.1 Å². The number of carbonyl (C=O) groups excluding carboxylic acids is 3. The number of nitrogens with zero attached hydrogens (tertiary/aromatic N) is 7. The first kappa shape index (κ1) is 78.7. The molecule has 0 bridgehead atoms. The van der Waals surface area contributed by atoms with Crippen molar-refractivity contribution in [3.63, 3.8) is 0 Å². The van der Waals surface area contributed by atoms with Gasteiger partial charge in [-0.3, -0.25) is 28.8 Å². The Bertz CT molecular complexity index is 5090. The lowest BCUT2D eigenvalue weighted by Crippen LogP contribution is -2.40. The number of anilines is 6. The third-order valence-electron chi connectivity index (χ3n) is 17.9. The fourth-order valence-electron chi connectivity index (χ4n) is 12.2. The van der Waals surface area contributed by atoms with Gasteiger partial charge in [-0.05, 0) is 169 Å². The SMILES string of the molecule is Cc1ccc(NC(=O)c2cc(Br)cc(C(F)(F)F)c2)cc1-c1cc(N2CCOCC2)c(=O)n(C)c1.Cc1ccc(NC(=O)c2cc(C#N)cc(C(F)(F)F)c2)cc1-c1cc(N2CCOCC2)c(=O)n(C)c1.Cc1ccc(NC(=O)c2cc(CN)cc(C(F)(F)F)c2)cc1-c1cc(N2CCOCC2)c(=O)n(C)c1. The van der Waals surface area contributed by atoms with E-state index in [2.05, 4.69) is 31.9 Å². The number of carbonyl (C=O) groups is 3. The van der Waals surface area contributed by atoms with Gasteiger partial charge in [0.15, 0.2) is 0 Å². The van der Waals surface area contributed by atoms with E-state index >= 15 is 0 Å². The fourth-order valence-corrected chi connectivity index (χ4v) is 12.7. The molecule has 0 saturated carbocycles. The van der Waals surface area contributed by atoms with Crippen LogP contribution in [-0.2, 0) is 60.4 Å². The fraction of sp³-hybridized carbons (Fsp3) is 0.286. The Morgan fingerprint density at radius 2 is 0.757 bits per heavy atom. The van der Waals surface area contributed by atoms with Gasteiger partial charge in [0.05, 0.1) is 68.0 Å². The molecule has 6 aromatic carbocycles. The predicted octanol–water partition coefficient (Wildman–Crippen LogP) is 13.5. The molecular formula is C77H73BrF9N11O9. The lowest BCUT2D eigenvalue weighted by Gasteiger charge is -2.29. The van der Waals surface area contributed by atoms with Gasteiger partial charge in [0.1, 0.15) is 17.1 Å². The third kappa shape index (κ3) is 19.4. The standard InChI is InChI=1S/C26H27F3N4O3.C26H23F3N4O3.C25H23BrF3N3O3/c2*1-16-3-4-21(31-24(34)18-9-17(14-30)10-20(11-18)26(27,28)29)13-22(16)19-12-23(25(35)32(2)15-19)33-5-7-36-8-6-33;1-15-3-4-20(30-23(33)16-9-18(25(27,28)29)12-19(26)10-16)13-21(15)17-11-22(24(34)31(2)14-17)32-5-7-35-8-6-32/h3-4,9-13,15H,5-8,14,30H2,1-2H3,(H,31,34);3-4,9-13,15H,5-8H2,1-2H3,(H,31,34);3-4,9-14H,5-8H2,1-2H3,(H,30,33). The largest absolute Gasteiger partial charge is 0.416 e. The molecule has 0 aliphatic carbocycles. The molecule has 30 heteroatoms. The van der Waals surface area contributed by atoms with Gasteiger partial charge >= 0.3 is 18.5 Å². The van der Waals surface area contributed by atoms with Crippen LogP contribution in [0, 0.1) is 32.1 Å². The number of nitrogens with one attached hydrogen (secondary N) is 3. The Morgan fingerprint density at radius 1 is 0.449 bits per heavy atom. The van der Waals surface area contributed by atoms with Crippen LogP contribution in [0.1, 0.15) is 75.6 Å². The second-order valence-corrected chi connectivity index (χ2v) is 26.5. The van der Waals surface area contributed by atoms with Crippen molar-refractivity contribution in [3.8, 4) is 39.4 Å². The molecule has 3 aliphatic heterocycles. The number of ether oxygens (including phenoxy) is 3. The number of aromatic nitrogens is 3. The number of aryl methyl sites for hydroxylation is 6. The second-order valence-electron chi connectivity index (χ2n) is 25.6. The van der Waals surface area contributed by atoms with Crippen LogP contribution in [0.15, 0.2) is 165 Å². The van der Waals surface area contributed by atoms with Crippen LogP contribution in [0.3, 0.4) is 0 Å². The van der Waals surface area contributed by atoms with E-state index in [0.717, 1.165) is 80.4 Å². The number of benzene rings is 6. The maximum atomic E-state index is 13.3. The zero-order valence-corrected chi connectivity index (χ0v) is 60.3. The highest BCUT2D eigenvalue weighted by atomic mass is 79.9. The molecule has 0 spiro atoms. The van der Waals surface area contributed by atoms with Crippen molar-refractivity contribution in [2.45, 2.75) is 45.8 Å². The van der Waals surface area contributed by atoms with Crippen LogP contribution in [0.2, 0.25) is 0 Å². The molecule has 0 radical (unpaired) electrons. The smallest absolute Gasteiger partial charge is 0.378 e. The van der Waals surface area contributed by atoms with E-state index in [9.17, 15) is 68.3 Å². The highest BCUT2D eigenvalue weighted by Gasteiger charge is 2.35. The minimum atomic E-state index is -4.69. The summed E-state index contributed by atoms with van der Waals surface area (Å²) in [5.74, 6) is -2.12. The molecule has 20 nitrogen and oxygen atoms in total. The Kier molecular flexibility index (Phi) is 24.5. The molecule has 107 heavy (non-hydrogen) atoms. The first-order chi connectivity index (χ1) is 50.6. The summed E-state index contributed by atoms with van der Waals surface area (Å²) in [5.41, 5.74) is 11.8. The van der Waals surface area contributed by atoms with Crippen LogP contribution in [0.25, 0.3) is 33.4 Å². The van der Waals surface area contributed by atoms with Crippen molar-refractivity contribution < 1.29 is 68.1 Å². The molecule has 5 N–H and O–H groups in total. The number of nitrogens with two attached hydrogens (primary N) is 1. The number of alkyl halides is 9. The predicted molar refractivity (Wildman–Crippen MR) is 393 cm³/mol. The Balaban J connectivity index is 0.000000172.